The quantitative estimate of drug-likeness (QED) is 0.710. The second-order valence-corrected chi connectivity index (χ2v) is 8.43. The molecular formula is C15H15N3O3S2. The number of fused-ring (bicyclic) bond motifs is 3. The number of sulfonamides is 1. The van der Waals surface area contributed by atoms with Gasteiger partial charge in [-0.05, 0) is 31.0 Å². The fraction of sp³-hybridized carbons (Fsp3) is 0.333. The summed E-state index contributed by atoms with van der Waals surface area (Å²) in [6.45, 7) is 1.09. The molecule has 0 saturated carbocycles. The zero-order valence-corrected chi connectivity index (χ0v) is 13.9. The van der Waals surface area contributed by atoms with E-state index in [1.807, 2.05) is 11.6 Å². The summed E-state index contributed by atoms with van der Waals surface area (Å²) in [5, 5.41) is 2.18. The molecule has 0 atom stereocenters. The van der Waals surface area contributed by atoms with E-state index in [-0.39, 0.29) is 4.90 Å². The molecule has 1 fully saturated rings. The van der Waals surface area contributed by atoms with E-state index in [0.29, 0.717) is 29.0 Å². The molecule has 8 heteroatoms. The first-order valence-corrected chi connectivity index (χ1v) is 9.79. The number of nitrogens with zero attached hydrogens (tertiary/aromatic N) is 3. The van der Waals surface area contributed by atoms with Gasteiger partial charge in [0, 0.05) is 24.7 Å². The monoisotopic (exact) mass is 349 g/mol. The fourth-order valence-corrected chi connectivity index (χ4v) is 5.25. The second kappa shape index (κ2) is 5.40. The van der Waals surface area contributed by atoms with Gasteiger partial charge in [-0.2, -0.15) is 9.29 Å². The lowest BCUT2D eigenvalue weighted by Crippen LogP contribution is -2.35. The average Bonchev–Trinajstić information content (AvgIpc) is 3.04. The largest absolute Gasteiger partial charge is 0.292 e. The number of hydrogen-bond donors (Lipinski definition) is 0. The Morgan fingerprint density at radius 2 is 1.91 bits per heavy atom. The third-order valence-electron chi connectivity index (χ3n) is 4.20. The lowest BCUT2D eigenvalue weighted by Gasteiger charge is -2.25. The standard InChI is InChI=1S/C15H15N3O3S2/c19-14-12-10-11(23(20,21)17-6-2-1-3-7-17)4-5-13(12)18-8-9-22-15(18)16-14/h4-5,8-10H,1-3,6-7H2. The summed E-state index contributed by atoms with van der Waals surface area (Å²) >= 11 is 1.37. The van der Waals surface area contributed by atoms with E-state index in [2.05, 4.69) is 4.98 Å². The van der Waals surface area contributed by atoms with Gasteiger partial charge < -0.3 is 0 Å². The number of benzene rings is 1. The van der Waals surface area contributed by atoms with E-state index in [4.69, 9.17) is 0 Å². The minimum Gasteiger partial charge on any atom is -0.292 e. The van der Waals surface area contributed by atoms with Crippen molar-refractivity contribution in [3.8, 4) is 0 Å². The summed E-state index contributed by atoms with van der Waals surface area (Å²) < 4.78 is 28.8. The molecule has 4 rings (SSSR count). The first kappa shape index (κ1) is 14.8. The summed E-state index contributed by atoms with van der Waals surface area (Å²) in [7, 11) is -3.55. The highest BCUT2D eigenvalue weighted by Crippen LogP contribution is 2.24. The van der Waals surface area contributed by atoms with Crippen LogP contribution in [-0.2, 0) is 10.0 Å². The maximum atomic E-state index is 12.8. The minimum absolute atomic E-state index is 0.168. The smallest absolute Gasteiger partial charge is 0.281 e. The van der Waals surface area contributed by atoms with Gasteiger partial charge in [0.15, 0.2) is 4.96 Å². The second-order valence-electron chi connectivity index (χ2n) is 5.62. The van der Waals surface area contributed by atoms with Gasteiger partial charge in [0.25, 0.3) is 5.56 Å². The molecule has 0 radical (unpaired) electrons. The average molecular weight is 349 g/mol. The molecule has 1 aliphatic heterocycles. The van der Waals surface area contributed by atoms with Crippen molar-refractivity contribution in [1.29, 1.82) is 0 Å². The predicted molar refractivity (Wildman–Crippen MR) is 89.5 cm³/mol. The Balaban J connectivity index is 1.90. The summed E-state index contributed by atoms with van der Waals surface area (Å²) in [5.74, 6) is 0. The molecule has 1 aromatic carbocycles. The van der Waals surface area contributed by atoms with Crippen LogP contribution in [0.1, 0.15) is 19.3 Å². The topological polar surface area (TPSA) is 71.8 Å². The Labute approximate surface area is 137 Å². The van der Waals surface area contributed by atoms with Gasteiger partial charge in [-0.3, -0.25) is 9.20 Å². The van der Waals surface area contributed by atoms with Gasteiger partial charge >= 0.3 is 0 Å². The zero-order valence-electron chi connectivity index (χ0n) is 12.3. The van der Waals surface area contributed by atoms with Gasteiger partial charge in [-0.25, -0.2) is 8.42 Å². The minimum atomic E-state index is -3.55. The molecule has 0 N–H and O–H groups in total. The fourth-order valence-electron chi connectivity index (χ4n) is 2.99. The number of rotatable bonds is 2. The van der Waals surface area contributed by atoms with Gasteiger partial charge in [-0.1, -0.05) is 6.42 Å². The van der Waals surface area contributed by atoms with Gasteiger partial charge in [0.05, 0.1) is 15.8 Å². The Morgan fingerprint density at radius 1 is 1.13 bits per heavy atom. The van der Waals surface area contributed by atoms with Crippen LogP contribution in [0.5, 0.6) is 0 Å². The maximum absolute atomic E-state index is 12.8. The van der Waals surface area contributed by atoms with Crippen molar-refractivity contribution < 1.29 is 8.42 Å². The van der Waals surface area contributed by atoms with E-state index in [0.717, 1.165) is 19.3 Å². The molecule has 0 unspecified atom stereocenters. The van der Waals surface area contributed by atoms with Crippen molar-refractivity contribution in [2.75, 3.05) is 13.1 Å². The van der Waals surface area contributed by atoms with Crippen LogP contribution in [0, 0.1) is 0 Å². The van der Waals surface area contributed by atoms with E-state index >= 15 is 0 Å². The zero-order chi connectivity index (χ0) is 16.0. The third kappa shape index (κ3) is 2.37. The summed E-state index contributed by atoms with van der Waals surface area (Å²) in [5.41, 5.74) is 0.289. The molecule has 2 aromatic heterocycles. The highest BCUT2D eigenvalue weighted by Gasteiger charge is 2.26. The van der Waals surface area contributed by atoms with Crippen LogP contribution in [0.2, 0.25) is 0 Å². The normalized spacial score (nSPS) is 17.0. The van der Waals surface area contributed by atoms with Crippen molar-refractivity contribution in [1.82, 2.24) is 13.7 Å². The number of hydrogen-bond acceptors (Lipinski definition) is 5. The molecule has 1 saturated heterocycles. The van der Waals surface area contributed by atoms with Gasteiger partial charge in [-0.15, -0.1) is 11.3 Å². The Hall–Kier alpha value is -1.77. The van der Waals surface area contributed by atoms with Crippen LogP contribution in [0.25, 0.3) is 15.9 Å². The summed E-state index contributed by atoms with van der Waals surface area (Å²) in [4.78, 5) is 17.0. The van der Waals surface area contributed by atoms with Crippen LogP contribution in [0.4, 0.5) is 0 Å². The van der Waals surface area contributed by atoms with Crippen molar-refractivity contribution in [2.45, 2.75) is 24.2 Å². The highest BCUT2D eigenvalue weighted by atomic mass is 32.2. The maximum Gasteiger partial charge on any atom is 0.281 e. The van der Waals surface area contributed by atoms with Gasteiger partial charge in [0.1, 0.15) is 0 Å². The van der Waals surface area contributed by atoms with Gasteiger partial charge in [0.2, 0.25) is 10.0 Å². The van der Waals surface area contributed by atoms with Crippen LogP contribution in [0.15, 0.2) is 39.5 Å². The van der Waals surface area contributed by atoms with E-state index < -0.39 is 15.6 Å². The molecule has 23 heavy (non-hydrogen) atoms. The number of thiazole rings is 1. The lowest BCUT2D eigenvalue weighted by molar-refractivity contribution is 0.346. The molecule has 0 bridgehead atoms. The Morgan fingerprint density at radius 3 is 2.70 bits per heavy atom. The summed E-state index contributed by atoms with van der Waals surface area (Å²) in [6.07, 6.45) is 4.65. The molecule has 0 amide bonds. The third-order valence-corrected chi connectivity index (χ3v) is 6.85. The lowest BCUT2D eigenvalue weighted by atomic mass is 10.2. The van der Waals surface area contributed by atoms with Crippen LogP contribution >= 0.6 is 11.3 Å². The van der Waals surface area contributed by atoms with E-state index in [1.54, 1.807) is 16.5 Å². The Kier molecular flexibility index (Phi) is 3.47. The van der Waals surface area contributed by atoms with E-state index in [9.17, 15) is 13.2 Å². The molecule has 120 valence electrons. The molecule has 0 spiro atoms. The van der Waals surface area contributed by atoms with Crippen LogP contribution in [-0.4, -0.2) is 35.2 Å². The first-order valence-electron chi connectivity index (χ1n) is 7.47. The predicted octanol–water partition coefficient (Wildman–Crippen LogP) is 2.08. The van der Waals surface area contributed by atoms with Crippen molar-refractivity contribution >= 4 is 37.2 Å². The molecule has 1 aliphatic rings. The first-order chi connectivity index (χ1) is 11.1. The SMILES string of the molecule is O=c1nc2sccn2c2ccc(S(=O)(=O)N3CCCCC3)cc12. The van der Waals surface area contributed by atoms with Crippen molar-refractivity contribution in [3.05, 3.63) is 40.1 Å². The molecule has 6 nitrogen and oxygen atoms in total. The van der Waals surface area contributed by atoms with Crippen molar-refractivity contribution in [2.24, 2.45) is 0 Å². The Bertz CT molecular complexity index is 1050. The molecule has 0 aliphatic carbocycles. The molecular weight excluding hydrogens is 334 g/mol. The summed E-state index contributed by atoms with van der Waals surface area (Å²) in [6, 6.07) is 4.73. The van der Waals surface area contributed by atoms with Crippen molar-refractivity contribution in [3.63, 3.8) is 0 Å². The number of aromatic nitrogens is 2. The van der Waals surface area contributed by atoms with Crippen LogP contribution < -0.4 is 5.56 Å². The van der Waals surface area contributed by atoms with E-state index in [1.165, 1.54) is 21.7 Å². The molecule has 3 aromatic rings. The molecule has 3 heterocycles. The van der Waals surface area contributed by atoms with Crippen LogP contribution in [0.3, 0.4) is 0 Å². The highest BCUT2D eigenvalue weighted by molar-refractivity contribution is 7.89. The number of piperidine rings is 1.